The van der Waals surface area contributed by atoms with Gasteiger partial charge >= 0.3 is 6.18 Å². The van der Waals surface area contributed by atoms with Gasteiger partial charge in [-0.3, -0.25) is 19.4 Å². The van der Waals surface area contributed by atoms with Crippen molar-refractivity contribution >= 4 is 28.7 Å². The fourth-order valence-corrected chi connectivity index (χ4v) is 4.44. The zero-order chi connectivity index (χ0) is 28.5. The number of carbonyl (C=O) groups is 3. The fraction of sp³-hybridized carbons (Fsp3) is 0.172. The molecule has 1 heterocycles. The maximum absolute atomic E-state index is 13.5. The molecule has 7 nitrogen and oxygen atoms in total. The van der Waals surface area contributed by atoms with Gasteiger partial charge in [-0.2, -0.15) is 13.2 Å². The number of aromatic nitrogens is 1. The van der Waals surface area contributed by atoms with E-state index in [4.69, 9.17) is 9.47 Å². The van der Waals surface area contributed by atoms with Gasteiger partial charge in [0.05, 0.1) is 19.8 Å². The number of alkyl halides is 3. The van der Waals surface area contributed by atoms with Gasteiger partial charge in [0.25, 0.3) is 5.91 Å². The third-order valence-electron chi connectivity index (χ3n) is 6.26. The molecule has 0 atom stereocenters. The highest BCUT2D eigenvalue weighted by atomic mass is 19.4. The largest absolute Gasteiger partial charge is 0.489 e. The maximum atomic E-state index is 13.5. The minimum atomic E-state index is -4.52. The number of allylic oxidation sites excluding steroid dienone is 2. The van der Waals surface area contributed by atoms with E-state index in [1.807, 2.05) is 0 Å². The van der Waals surface area contributed by atoms with Crippen molar-refractivity contribution in [3.05, 3.63) is 100 Å². The quantitative estimate of drug-likeness (QED) is 0.403. The second-order valence-electron chi connectivity index (χ2n) is 8.71. The number of hydrogen-bond donors (Lipinski definition) is 1. The molecule has 0 radical (unpaired) electrons. The summed E-state index contributed by atoms with van der Waals surface area (Å²) >= 11 is 0. The normalized spacial score (nSPS) is 14.0. The molecule has 0 fully saturated rings. The van der Waals surface area contributed by atoms with E-state index in [0.29, 0.717) is 22.3 Å². The molecule has 0 unspecified atom stereocenters. The summed E-state index contributed by atoms with van der Waals surface area (Å²) < 4.78 is 49.2. The minimum absolute atomic E-state index is 0.0436. The number of halogens is 3. The summed E-state index contributed by atoms with van der Waals surface area (Å²) in [6.07, 6.45) is -1.38. The Hall–Kier alpha value is -4.73. The molecule has 1 N–H and O–H groups in total. The zero-order valence-corrected chi connectivity index (χ0v) is 21.4. The predicted octanol–water partition coefficient (Wildman–Crippen LogP) is 5.76. The Kier molecular flexibility index (Phi) is 7.40. The number of ether oxygens (including phenoxy) is 2. The van der Waals surface area contributed by atoms with Crippen LogP contribution >= 0.6 is 0 Å². The van der Waals surface area contributed by atoms with Crippen LogP contribution < -0.4 is 5.32 Å². The molecule has 10 heteroatoms. The van der Waals surface area contributed by atoms with Crippen LogP contribution in [0.4, 0.5) is 18.9 Å². The summed E-state index contributed by atoms with van der Waals surface area (Å²) in [5, 5.41) is 2.62. The monoisotopic (exact) mass is 536 g/mol. The lowest BCUT2D eigenvalue weighted by molar-refractivity contribution is -0.137. The molecular weight excluding hydrogens is 513 g/mol. The standard InChI is InChI=1S/C29H23F3N2O5/c1-15-12-18(23-16(2)24(35)26(38-3)27(39-4)25(23)36)13-21(22(15)17-6-5-11-33-14-17)28(37)34-20-9-7-19(8-10-20)29(30,31)32/h5-14H,1-4H3,(H,34,37). The summed E-state index contributed by atoms with van der Waals surface area (Å²) in [5.74, 6) is -2.23. The molecule has 4 rings (SSSR count). The van der Waals surface area contributed by atoms with Gasteiger partial charge in [-0.1, -0.05) is 12.1 Å². The van der Waals surface area contributed by atoms with Crippen LogP contribution in [0.3, 0.4) is 0 Å². The second kappa shape index (κ2) is 10.6. The number of amides is 1. The Bertz CT molecular complexity index is 1540. The molecular formula is C29H23F3N2O5. The van der Waals surface area contributed by atoms with Crippen LogP contribution in [0.25, 0.3) is 16.7 Å². The number of hydrogen-bond acceptors (Lipinski definition) is 6. The highest BCUT2D eigenvalue weighted by Gasteiger charge is 2.36. The zero-order valence-electron chi connectivity index (χ0n) is 21.4. The number of nitrogens with one attached hydrogen (secondary N) is 1. The number of ketones is 2. The minimum Gasteiger partial charge on any atom is -0.489 e. The smallest absolute Gasteiger partial charge is 0.416 e. The third-order valence-corrected chi connectivity index (χ3v) is 6.26. The number of anilines is 1. The molecule has 1 aliphatic carbocycles. The Morgan fingerprint density at radius 1 is 0.897 bits per heavy atom. The van der Waals surface area contributed by atoms with Crippen LogP contribution in [0.5, 0.6) is 0 Å². The van der Waals surface area contributed by atoms with E-state index in [0.717, 1.165) is 24.3 Å². The number of rotatable bonds is 6. The topological polar surface area (TPSA) is 94.6 Å². The van der Waals surface area contributed by atoms with Crippen molar-refractivity contribution in [3.8, 4) is 11.1 Å². The number of Topliss-reactive ketones (excluding diaryl/α,β-unsaturated/α-hetero) is 2. The van der Waals surface area contributed by atoms with Crippen molar-refractivity contribution in [3.63, 3.8) is 0 Å². The average molecular weight is 537 g/mol. The summed E-state index contributed by atoms with van der Waals surface area (Å²) in [5.41, 5.74) is 1.56. The van der Waals surface area contributed by atoms with E-state index >= 15 is 0 Å². The van der Waals surface area contributed by atoms with Gasteiger partial charge in [0.15, 0.2) is 0 Å². The van der Waals surface area contributed by atoms with Crippen LogP contribution in [0.2, 0.25) is 0 Å². The van der Waals surface area contributed by atoms with Gasteiger partial charge in [-0.15, -0.1) is 0 Å². The highest BCUT2D eigenvalue weighted by Crippen LogP contribution is 2.37. The third kappa shape index (κ3) is 5.18. The van der Waals surface area contributed by atoms with Crippen LogP contribution in [-0.2, 0) is 25.2 Å². The first-order valence-corrected chi connectivity index (χ1v) is 11.6. The Balaban J connectivity index is 1.85. The van der Waals surface area contributed by atoms with Gasteiger partial charge in [0.2, 0.25) is 23.1 Å². The summed E-state index contributed by atoms with van der Waals surface area (Å²) in [4.78, 5) is 44.0. The van der Waals surface area contributed by atoms with Crippen LogP contribution in [0.15, 0.2) is 78.0 Å². The van der Waals surface area contributed by atoms with E-state index < -0.39 is 29.2 Å². The summed E-state index contributed by atoms with van der Waals surface area (Å²) in [6, 6.07) is 10.6. The Morgan fingerprint density at radius 2 is 1.54 bits per heavy atom. The van der Waals surface area contributed by atoms with Crippen molar-refractivity contribution < 1.29 is 37.0 Å². The number of aryl methyl sites for hydroxylation is 1. The number of benzene rings is 2. The maximum Gasteiger partial charge on any atom is 0.416 e. The van der Waals surface area contributed by atoms with Crippen LogP contribution in [0.1, 0.15) is 34.0 Å². The van der Waals surface area contributed by atoms with E-state index in [1.165, 1.54) is 27.2 Å². The Labute approximate surface area is 222 Å². The van der Waals surface area contributed by atoms with E-state index in [1.54, 1.807) is 37.5 Å². The lowest BCUT2D eigenvalue weighted by Gasteiger charge is -2.22. The molecule has 0 saturated carbocycles. The first-order chi connectivity index (χ1) is 18.5. The fourth-order valence-electron chi connectivity index (χ4n) is 4.44. The number of nitrogens with zero attached hydrogens (tertiary/aromatic N) is 1. The van der Waals surface area contributed by atoms with Crippen molar-refractivity contribution in [2.75, 3.05) is 19.5 Å². The van der Waals surface area contributed by atoms with Crippen molar-refractivity contribution in [2.24, 2.45) is 0 Å². The first-order valence-electron chi connectivity index (χ1n) is 11.6. The number of pyridine rings is 1. The molecule has 1 amide bonds. The predicted molar refractivity (Wildman–Crippen MR) is 137 cm³/mol. The van der Waals surface area contributed by atoms with Gasteiger partial charge in [0.1, 0.15) is 0 Å². The van der Waals surface area contributed by atoms with Gasteiger partial charge in [-0.05, 0) is 66.9 Å². The van der Waals surface area contributed by atoms with E-state index in [2.05, 4.69) is 10.3 Å². The van der Waals surface area contributed by atoms with Crippen LogP contribution in [0, 0.1) is 6.92 Å². The first kappa shape index (κ1) is 27.3. The lowest BCUT2D eigenvalue weighted by atomic mass is 9.84. The molecule has 39 heavy (non-hydrogen) atoms. The van der Waals surface area contributed by atoms with E-state index in [-0.39, 0.29) is 33.9 Å². The van der Waals surface area contributed by atoms with E-state index in [9.17, 15) is 27.6 Å². The van der Waals surface area contributed by atoms with Crippen molar-refractivity contribution in [2.45, 2.75) is 20.0 Å². The number of carbonyl (C=O) groups excluding carboxylic acids is 3. The molecule has 0 aliphatic heterocycles. The molecule has 200 valence electrons. The molecule has 1 aromatic heterocycles. The van der Waals surface area contributed by atoms with Gasteiger partial charge < -0.3 is 14.8 Å². The highest BCUT2D eigenvalue weighted by molar-refractivity contribution is 6.38. The second-order valence-corrected chi connectivity index (χ2v) is 8.71. The summed E-state index contributed by atoms with van der Waals surface area (Å²) in [7, 11) is 2.51. The molecule has 0 spiro atoms. The number of methoxy groups -OCH3 is 2. The summed E-state index contributed by atoms with van der Waals surface area (Å²) in [6.45, 7) is 3.22. The molecule has 0 saturated heterocycles. The molecule has 0 bridgehead atoms. The molecule has 3 aromatic rings. The Morgan fingerprint density at radius 3 is 2.10 bits per heavy atom. The SMILES string of the molecule is COC1=C(OC)C(=O)C(c2cc(C)c(-c3cccnc3)c(C(=O)Nc3ccc(C(F)(F)F)cc3)c2)=C(C)C1=O. The van der Waals surface area contributed by atoms with Gasteiger partial charge in [-0.25, -0.2) is 0 Å². The van der Waals surface area contributed by atoms with Crippen LogP contribution in [-0.4, -0.2) is 36.7 Å². The average Bonchev–Trinajstić information content (AvgIpc) is 2.90. The van der Waals surface area contributed by atoms with Gasteiger partial charge in [0, 0.05) is 40.4 Å². The van der Waals surface area contributed by atoms with Crippen molar-refractivity contribution in [1.29, 1.82) is 0 Å². The molecule has 1 aliphatic rings. The lowest BCUT2D eigenvalue weighted by Crippen LogP contribution is -2.24. The van der Waals surface area contributed by atoms with Crippen molar-refractivity contribution in [1.82, 2.24) is 4.98 Å². The molecule has 2 aromatic carbocycles.